The van der Waals surface area contributed by atoms with Gasteiger partial charge < -0.3 is 0 Å². The predicted molar refractivity (Wildman–Crippen MR) is 85.6 cm³/mol. The van der Waals surface area contributed by atoms with E-state index in [-0.39, 0.29) is 5.39 Å². The molecule has 0 aromatic carbocycles. The highest BCUT2D eigenvalue weighted by Gasteiger charge is 2.35. The Balaban J connectivity index is 2.32. The lowest BCUT2D eigenvalue weighted by Crippen LogP contribution is -2.08. The van der Waals surface area contributed by atoms with Gasteiger partial charge in [-0.2, -0.15) is 18.3 Å². The van der Waals surface area contributed by atoms with Crippen LogP contribution in [-0.2, 0) is 19.1 Å². The summed E-state index contributed by atoms with van der Waals surface area (Å²) in [4.78, 5) is 6.34. The first kappa shape index (κ1) is 16.0. The minimum Gasteiger partial charge on any atom is -0.247 e. The van der Waals surface area contributed by atoms with Crippen LogP contribution in [0.1, 0.15) is 30.0 Å². The van der Waals surface area contributed by atoms with Gasteiger partial charge in [0.05, 0.1) is 27.2 Å². The average Bonchev–Trinajstić information content (AvgIpc) is 3.10. The Bertz CT molecular complexity index is 861. The van der Waals surface area contributed by atoms with E-state index in [9.17, 15) is 13.2 Å². The van der Waals surface area contributed by atoms with Crippen LogP contribution < -0.4 is 0 Å². The normalized spacial score (nSPS) is 12.3. The van der Waals surface area contributed by atoms with Crippen molar-refractivity contribution in [3.63, 3.8) is 0 Å². The molecule has 7 heteroatoms. The highest BCUT2D eigenvalue weighted by Crippen LogP contribution is 2.39. The SMILES string of the molecule is CCc1ccc(-c2cc(C(F)(F)F)c3c(C)nn(CC)c3n2)s1. The van der Waals surface area contributed by atoms with Gasteiger partial charge in [-0.3, -0.25) is 0 Å². The van der Waals surface area contributed by atoms with Crippen LogP contribution in [0, 0.1) is 6.92 Å². The zero-order valence-electron chi connectivity index (χ0n) is 13.0. The van der Waals surface area contributed by atoms with Crippen molar-refractivity contribution in [3.8, 4) is 10.6 Å². The van der Waals surface area contributed by atoms with Gasteiger partial charge in [-0.05, 0) is 38.5 Å². The molecule has 0 amide bonds. The fraction of sp³-hybridized carbons (Fsp3) is 0.375. The van der Waals surface area contributed by atoms with Gasteiger partial charge in [0.15, 0.2) is 5.65 Å². The third kappa shape index (κ3) is 2.73. The Morgan fingerprint density at radius 2 is 1.96 bits per heavy atom. The number of rotatable bonds is 3. The van der Waals surface area contributed by atoms with E-state index in [0.29, 0.717) is 23.6 Å². The van der Waals surface area contributed by atoms with Gasteiger partial charge >= 0.3 is 6.18 Å². The average molecular weight is 339 g/mol. The van der Waals surface area contributed by atoms with Crippen LogP contribution >= 0.6 is 11.3 Å². The third-order valence-electron chi connectivity index (χ3n) is 3.74. The van der Waals surface area contributed by atoms with Crippen LogP contribution in [-0.4, -0.2) is 14.8 Å². The molecule has 0 radical (unpaired) electrons. The van der Waals surface area contributed by atoms with E-state index >= 15 is 0 Å². The van der Waals surface area contributed by atoms with Crippen LogP contribution in [0.3, 0.4) is 0 Å². The number of alkyl halides is 3. The van der Waals surface area contributed by atoms with E-state index in [1.54, 1.807) is 6.92 Å². The summed E-state index contributed by atoms with van der Waals surface area (Å²) in [6.45, 7) is 5.92. The van der Waals surface area contributed by atoms with Gasteiger partial charge in [0.2, 0.25) is 0 Å². The molecule has 0 atom stereocenters. The summed E-state index contributed by atoms with van der Waals surface area (Å²) < 4.78 is 42.1. The summed E-state index contributed by atoms with van der Waals surface area (Å²) >= 11 is 1.47. The largest absolute Gasteiger partial charge is 0.417 e. The van der Waals surface area contributed by atoms with Gasteiger partial charge in [0, 0.05) is 11.4 Å². The van der Waals surface area contributed by atoms with Crippen molar-refractivity contribution < 1.29 is 13.2 Å². The molecule has 0 N–H and O–H groups in total. The van der Waals surface area contributed by atoms with Crippen LogP contribution in [0.25, 0.3) is 21.6 Å². The molecule has 3 heterocycles. The number of hydrogen-bond donors (Lipinski definition) is 0. The lowest BCUT2D eigenvalue weighted by molar-refractivity contribution is -0.136. The van der Waals surface area contributed by atoms with Crippen molar-refractivity contribution in [1.29, 1.82) is 0 Å². The minimum atomic E-state index is -4.44. The third-order valence-corrected chi connectivity index (χ3v) is 5.00. The summed E-state index contributed by atoms with van der Waals surface area (Å²) in [5, 5.41) is 4.29. The number of pyridine rings is 1. The molecule has 3 rings (SSSR count). The van der Waals surface area contributed by atoms with Crippen molar-refractivity contribution in [2.45, 2.75) is 39.9 Å². The fourth-order valence-corrected chi connectivity index (χ4v) is 3.54. The molecule has 0 saturated heterocycles. The molecule has 0 bridgehead atoms. The number of fused-ring (bicyclic) bond motifs is 1. The number of aryl methyl sites for hydroxylation is 3. The standard InChI is InChI=1S/C16H16F3N3S/c1-4-10-6-7-13(23-10)12-8-11(16(17,18)19)14-9(3)21-22(5-2)15(14)20-12/h6-8H,4-5H2,1-3H3. The molecular weight excluding hydrogens is 323 g/mol. The first-order valence-corrected chi connectivity index (χ1v) is 8.21. The molecule has 0 aliphatic rings. The van der Waals surface area contributed by atoms with Crippen molar-refractivity contribution in [2.24, 2.45) is 0 Å². The van der Waals surface area contributed by atoms with E-state index in [4.69, 9.17) is 0 Å². The maximum atomic E-state index is 13.5. The zero-order valence-corrected chi connectivity index (χ0v) is 13.8. The molecule has 3 aromatic rings. The number of halogens is 3. The van der Waals surface area contributed by atoms with Gasteiger partial charge in [0.1, 0.15) is 0 Å². The first-order valence-electron chi connectivity index (χ1n) is 7.39. The molecule has 3 nitrogen and oxygen atoms in total. The lowest BCUT2D eigenvalue weighted by atomic mass is 10.1. The Hall–Kier alpha value is -1.89. The van der Waals surface area contributed by atoms with Crippen LogP contribution in [0.4, 0.5) is 13.2 Å². The minimum absolute atomic E-state index is 0.0929. The monoisotopic (exact) mass is 339 g/mol. The van der Waals surface area contributed by atoms with E-state index in [1.807, 2.05) is 26.0 Å². The zero-order chi connectivity index (χ0) is 16.8. The molecule has 3 aromatic heterocycles. The molecule has 0 aliphatic carbocycles. The Morgan fingerprint density at radius 1 is 1.22 bits per heavy atom. The van der Waals surface area contributed by atoms with Crippen LogP contribution in [0.2, 0.25) is 0 Å². The highest BCUT2D eigenvalue weighted by atomic mass is 32.1. The Morgan fingerprint density at radius 3 is 2.52 bits per heavy atom. The lowest BCUT2D eigenvalue weighted by Gasteiger charge is -2.10. The quantitative estimate of drug-likeness (QED) is 0.667. The second-order valence-corrected chi connectivity index (χ2v) is 6.44. The summed E-state index contributed by atoms with van der Waals surface area (Å²) in [6.07, 6.45) is -3.59. The van der Waals surface area contributed by atoms with Crippen molar-refractivity contribution >= 4 is 22.4 Å². The number of hydrogen-bond acceptors (Lipinski definition) is 3. The summed E-state index contributed by atoms with van der Waals surface area (Å²) in [7, 11) is 0. The topological polar surface area (TPSA) is 30.7 Å². The van der Waals surface area contributed by atoms with Crippen molar-refractivity contribution in [2.75, 3.05) is 0 Å². The molecule has 0 aliphatic heterocycles. The van der Waals surface area contributed by atoms with Crippen LogP contribution in [0.15, 0.2) is 18.2 Å². The molecule has 0 unspecified atom stereocenters. The molecule has 0 spiro atoms. The number of thiophene rings is 1. The summed E-state index contributed by atoms with van der Waals surface area (Å²) in [5.41, 5.74) is 0.334. The second-order valence-electron chi connectivity index (χ2n) is 5.27. The van der Waals surface area contributed by atoms with E-state index in [2.05, 4.69) is 10.1 Å². The Labute approximate surface area is 135 Å². The molecule has 122 valence electrons. The molecular formula is C16H16F3N3S. The molecule has 23 heavy (non-hydrogen) atoms. The molecule has 0 fully saturated rings. The van der Waals surface area contributed by atoms with Crippen molar-refractivity contribution in [3.05, 3.63) is 34.3 Å². The van der Waals surface area contributed by atoms with Gasteiger partial charge in [0.25, 0.3) is 0 Å². The summed E-state index contributed by atoms with van der Waals surface area (Å²) in [5.74, 6) is 0. The Kier molecular flexibility index (Phi) is 3.91. The smallest absolute Gasteiger partial charge is 0.247 e. The van der Waals surface area contributed by atoms with Crippen LogP contribution in [0.5, 0.6) is 0 Å². The van der Waals surface area contributed by atoms with Gasteiger partial charge in [-0.25, -0.2) is 9.67 Å². The van der Waals surface area contributed by atoms with Gasteiger partial charge in [-0.1, -0.05) is 6.92 Å². The van der Waals surface area contributed by atoms with Gasteiger partial charge in [-0.15, -0.1) is 11.3 Å². The maximum Gasteiger partial charge on any atom is 0.417 e. The maximum absolute atomic E-state index is 13.5. The first-order chi connectivity index (χ1) is 10.8. The number of nitrogens with zero attached hydrogens (tertiary/aromatic N) is 3. The highest BCUT2D eigenvalue weighted by molar-refractivity contribution is 7.15. The number of aromatic nitrogens is 3. The van der Waals surface area contributed by atoms with E-state index in [0.717, 1.165) is 22.2 Å². The summed E-state index contributed by atoms with van der Waals surface area (Å²) in [6, 6.07) is 4.90. The molecule has 0 saturated carbocycles. The predicted octanol–water partition coefficient (Wildman–Crippen LogP) is 5.07. The second kappa shape index (κ2) is 5.63. The van der Waals surface area contributed by atoms with E-state index in [1.165, 1.54) is 16.0 Å². The fourth-order valence-electron chi connectivity index (χ4n) is 2.63. The van der Waals surface area contributed by atoms with Crippen molar-refractivity contribution in [1.82, 2.24) is 14.8 Å². The van der Waals surface area contributed by atoms with E-state index < -0.39 is 11.7 Å².